The fourth-order valence-corrected chi connectivity index (χ4v) is 5.33. The third kappa shape index (κ3) is 3.25. The topological polar surface area (TPSA) is 118 Å². The number of thioether (sulfide) groups is 1. The minimum atomic E-state index is -4.88. The van der Waals surface area contributed by atoms with Gasteiger partial charge in [-0.2, -0.15) is 13.2 Å². The number of nitrogens with zero attached hydrogens (tertiary/aromatic N) is 2. The third-order valence-corrected chi connectivity index (χ3v) is 6.64. The van der Waals surface area contributed by atoms with Crippen molar-refractivity contribution in [2.75, 3.05) is 7.11 Å². The lowest BCUT2D eigenvalue weighted by atomic mass is 9.93. The van der Waals surface area contributed by atoms with Crippen molar-refractivity contribution in [3.8, 4) is 0 Å². The van der Waals surface area contributed by atoms with Crippen LogP contribution in [0.2, 0.25) is 0 Å². The Morgan fingerprint density at radius 2 is 1.97 bits per heavy atom. The van der Waals surface area contributed by atoms with Gasteiger partial charge >= 0.3 is 12.1 Å². The van der Waals surface area contributed by atoms with E-state index < -0.39 is 63.5 Å². The molecule has 2 aliphatic heterocycles. The molecule has 3 atom stereocenters. The normalized spacial score (nSPS) is 27.4. The summed E-state index contributed by atoms with van der Waals surface area (Å²) in [5.41, 5.74) is -4.72. The number of amides is 2. The molecule has 164 valence electrons. The summed E-state index contributed by atoms with van der Waals surface area (Å²) in [7, 11) is 1.15. The van der Waals surface area contributed by atoms with Gasteiger partial charge in [-0.15, -0.1) is 11.8 Å². The quantitative estimate of drug-likeness (QED) is 0.496. The summed E-state index contributed by atoms with van der Waals surface area (Å²) in [6.07, 6.45) is -3.87. The van der Waals surface area contributed by atoms with Crippen LogP contribution >= 0.6 is 11.8 Å². The Morgan fingerprint density at radius 1 is 1.33 bits per heavy atom. The largest absolute Gasteiger partial charge is 0.480 e. The molecule has 3 heterocycles. The molecular weight excluding hydrogens is 431 g/mol. The zero-order chi connectivity index (χ0) is 22.6. The van der Waals surface area contributed by atoms with Crippen LogP contribution in [0.3, 0.4) is 0 Å². The van der Waals surface area contributed by atoms with E-state index in [9.17, 15) is 37.5 Å². The highest BCUT2D eigenvalue weighted by Crippen LogP contribution is 2.55. The molecule has 1 aromatic rings. The first kappa shape index (κ1) is 22.2. The van der Waals surface area contributed by atoms with Gasteiger partial charge in [-0.1, -0.05) is 0 Å². The lowest BCUT2D eigenvalue weighted by molar-refractivity contribution is -0.201. The lowest BCUT2D eigenvalue weighted by Crippen LogP contribution is -2.80. The predicted molar refractivity (Wildman–Crippen MR) is 97.3 cm³/mol. The van der Waals surface area contributed by atoms with Crippen molar-refractivity contribution >= 4 is 29.5 Å². The second-order valence-electron chi connectivity index (χ2n) is 7.37. The molecule has 3 rings (SSSR count). The van der Waals surface area contributed by atoms with Crippen molar-refractivity contribution in [1.82, 2.24) is 14.8 Å². The van der Waals surface area contributed by atoms with E-state index in [2.05, 4.69) is 5.32 Å². The van der Waals surface area contributed by atoms with E-state index in [1.54, 1.807) is 13.8 Å². The van der Waals surface area contributed by atoms with Gasteiger partial charge in [0, 0.05) is 18.1 Å². The Kier molecular flexibility index (Phi) is 5.18. The molecule has 9 nitrogen and oxygen atoms in total. The molecular formula is C17H18F3N3O6S. The number of carboxylic acids is 1. The number of fused-ring (bicyclic) bond motifs is 1. The molecule has 30 heavy (non-hydrogen) atoms. The third-order valence-electron chi connectivity index (χ3n) is 5.03. The van der Waals surface area contributed by atoms with E-state index in [0.29, 0.717) is 10.6 Å². The monoisotopic (exact) mass is 449 g/mol. The number of nitrogens with one attached hydrogen (secondary N) is 1. The van der Waals surface area contributed by atoms with Gasteiger partial charge in [0.05, 0.1) is 0 Å². The van der Waals surface area contributed by atoms with Gasteiger partial charge in [-0.05, 0) is 26.0 Å². The number of alkyl halides is 3. The Morgan fingerprint density at radius 3 is 2.50 bits per heavy atom. The average molecular weight is 449 g/mol. The number of carbonyl (C=O) groups excluding carboxylic acids is 2. The molecule has 2 saturated heterocycles. The highest BCUT2D eigenvalue weighted by Gasteiger charge is 2.73. The number of rotatable bonds is 5. The zero-order valence-electron chi connectivity index (χ0n) is 16.0. The molecule has 1 unspecified atom stereocenters. The fourth-order valence-electron chi connectivity index (χ4n) is 3.66. The first-order chi connectivity index (χ1) is 13.8. The summed E-state index contributed by atoms with van der Waals surface area (Å²) in [4.78, 5) is 49.9. The summed E-state index contributed by atoms with van der Waals surface area (Å²) in [5.74, 6) is -2.94. The molecule has 0 spiro atoms. The number of pyridine rings is 1. The Labute approximate surface area is 172 Å². The van der Waals surface area contributed by atoms with E-state index in [1.807, 2.05) is 0 Å². The van der Waals surface area contributed by atoms with E-state index in [0.717, 1.165) is 36.0 Å². The predicted octanol–water partition coefficient (Wildman–Crippen LogP) is 0.473. The smallest absolute Gasteiger partial charge is 0.421 e. The fraction of sp³-hybridized carbons (Fsp3) is 0.529. The maximum Gasteiger partial charge on any atom is 0.421 e. The van der Waals surface area contributed by atoms with E-state index >= 15 is 0 Å². The van der Waals surface area contributed by atoms with E-state index in [4.69, 9.17) is 4.74 Å². The molecule has 2 amide bonds. The summed E-state index contributed by atoms with van der Waals surface area (Å²) in [6, 6.07) is 0.433. The number of β-lactam (4-membered cyclic amide) rings is 1. The molecule has 0 bridgehead atoms. The number of aromatic nitrogens is 1. The van der Waals surface area contributed by atoms with Crippen LogP contribution in [0.5, 0.6) is 0 Å². The number of aliphatic carboxylic acids is 1. The van der Waals surface area contributed by atoms with Gasteiger partial charge in [0.2, 0.25) is 5.91 Å². The highest BCUT2D eigenvalue weighted by atomic mass is 32.2. The van der Waals surface area contributed by atoms with Gasteiger partial charge in [-0.3, -0.25) is 14.4 Å². The number of hydrogen-bond donors (Lipinski definition) is 2. The molecule has 2 N–H and O–H groups in total. The van der Waals surface area contributed by atoms with Crippen molar-refractivity contribution in [3.63, 3.8) is 0 Å². The Hall–Kier alpha value is -2.54. The maximum absolute atomic E-state index is 12.9. The van der Waals surface area contributed by atoms with Crippen molar-refractivity contribution < 1.29 is 37.4 Å². The summed E-state index contributed by atoms with van der Waals surface area (Å²) >= 11 is 1.11. The molecule has 0 aromatic carbocycles. The number of halogens is 3. The first-order valence-corrected chi connectivity index (χ1v) is 9.50. The highest BCUT2D eigenvalue weighted by molar-refractivity contribution is 8.01. The van der Waals surface area contributed by atoms with Crippen molar-refractivity contribution in [3.05, 3.63) is 34.2 Å². The van der Waals surface area contributed by atoms with Crippen molar-refractivity contribution in [2.24, 2.45) is 0 Å². The zero-order valence-corrected chi connectivity index (χ0v) is 16.8. The standard InChI is InChI=1S/C17H18F3N3O6S/c1-15(2)10(12(26)27)23-13(28)16(29-3,14(23)30-15)21-9(24)7-22-6-4-5-8(11(22)25)17(18,19)20/h4-6,10,14H,7H2,1-3H3,(H,21,24)(H,26,27)/t10-,14+,16?/m0/s1. The molecule has 2 aliphatic rings. The second kappa shape index (κ2) is 7.01. The van der Waals surface area contributed by atoms with Gasteiger partial charge in [-0.25, -0.2) is 4.79 Å². The minimum Gasteiger partial charge on any atom is -0.480 e. The summed E-state index contributed by atoms with van der Waals surface area (Å²) < 4.78 is 43.6. The Bertz CT molecular complexity index is 978. The van der Waals surface area contributed by atoms with Gasteiger partial charge in [0.1, 0.15) is 23.5 Å². The molecule has 1 aromatic heterocycles. The first-order valence-electron chi connectivity index (χ1n) is 8.62. The van der Waals surface area contributed by atoms with Crippen LogP contribution in [0, 0.1) is 0 Å². The Balaban J connectivity index is 1.83. The van der Waals surface area contributed by atoms with Crippen LogP contribution in [0.25, 0.3) is 0 Å². The average Bonchev–Trinajstić information content (AvgIpc) is 2.89. The number of ether oxygens (including phenoxy) is 1. The van der Waals surface area contributed by atoms with Gasteiger partial charge in [0.15, 0.2) is 0 Å². The van der Waals surface area contributed by atoms with Crippen LogP contribution in [-0.4, -0.2) is 61.4 Å². The summed E-state index contributed by atoms with van der Waals surface area (Å²) in [5, 5.41) is 10.9. The molecule has 0 aliphatic carbocycles. The van der Waals surface area contributed by atoms with Crippen LogP contribution in [-0.2, 0) is 31.8 Å². The van der Waals surface area contributed by atoms with Gasteiger partial charge in [0.25, 0.3) is 17.2 Å². The maximum atomic E-state index is 12.9. The molecule has 0 radical (unpaired) electrons. The molecule has 2 fully saturated rings. The summed E-state index contributed by atoms with van der Waals surface area (Å²) in [6.45, 7) is 2.48. The lowest BCUT2D eigenvalue weighted by Gasteiger charge is -2.51. The minimum absolute atomic E-state index is 0.564. The number of carbonyl (C=O) groups is 3. The number of methoxy groups -OCH3 is 1. The van der Waals surface area contributed by atoms with Crippen LogP contribution in [0.4, 0.5) is 13.2 Å². The number of hydrogen-bond acceptors (Lipinski definition) is 6. The van der Waals surface area contributed by atoms with Crippen molar-refractivity contribution in [2.45, 2.75) is 48.5 Å². The van der Waals surface area contributed by atoms with E-state index in [-0.39, 0.29) is 0 Å². The van der Waals surface area contributed by atoms with Crippen LogP contribution in [0.1, 0.15) is 19.4 Å². The second-order valence-corrected chi connectivity index (χ2v) is 9.10. The molecule has 0 saturated carbocycles. The van der Waals surface area contributed by atoms with E-state index in [1.165, 1.54) is 0 Å². The van der Waals surface area contributed by atoms with Crippen LogP contribution < -0.4 is 10.9 Å². The SMILES string of the molecule is COC1(NC(=O)Cn2cccc(C(F)(F)F)c2=O)C(=O)N2[C@@H](C(=O)O)C(C)(C)S[C@@H]21. The van der Waals surface area contributed by atoms with Crippen molar-refractivity contribution in [1.29, 1.82) is 0 Å². The molecule has 13 heteroatoms. The number of carboxylic acid groups (broad SMARTS) is 1. The van der Waals surface area contributed by atoms with Crippen LogP contribution in [0.15, 0.2) is 23.1 Å². The van der Waals surface area contributed by atoms with Gasteiger partial charge < -0.3 is 24.6 Å².